The molecule has 4 rings (SSSR count). The third kappa shape index (κ3) is 4.87. The van der Waals surface area contributed by atoms with E-state index in [0.29, 0.717) is 22.7 Å². The summed E-state index contributed by atoms with van der Waals surface area (Å²) in [5.74, 6) is -0.313. The van der Waals surface area contributed by atoms with Gasteiger partial charge >= 0.3 is 0 Å². The van der Waals surface area contributed by atoms with Gasteiger partial charge in [-0.1, -0.05) is 41.9 Å². The number of carbonyl (C=O) groups excluding carboxylic acids is 1. The van der Waals surface area contributed by atoms with Crippen molar-refractivity contribution in [3.05, 3.63) is 74.6 Å². The van der Waals surface area contributed by atoms with Crippen LogP contribution in [0.2, 0.25) is 5.02 Å². The van der Waals surface area contributed by atoms with E-state index in [-0.39, 0.29) is 22.4 Å². The van der Waals surface area contributed by atoms with E-state index in [1.165, 1.54) is 10.9 Å². The lowest BCUT2D eigenvalue weighted by atomic mass is 9.95. The molecule has 0 saturated carbocycles. The van der Waals surface area contributed by atoms with Crippen LogP contribution in [0.4, 0.5) is 5.00 Å². The number of fused-ring (bicyclic) bond motifs is 1. The van der Waals surface area contributed by atoms with Gasteiger partial charge in [-0.15, -0.1) is 11.3 Å². The number of aryl methyl sites for hydroxylation is 1. The molecule has 0 bridgehead atoms. The summed E-state index contributed by atoms with van der Waals surface area (Å²) in [6, 6.07) is 12.9. The largest absolute Gasteiger partial charge is 0.503 e. The maximum absolute atomic E-state index is 13.1. The highest BCUT2D eigenvalue weighted by Gasteiger charge is 2.25. The molecular weight excluding hydrogens is 455 g/mol. The van der Waals surface area contributed by atoms with Crippen LogP contribution in [0.3, 0.4) is 0 Å². The maximum Gasteiger partial charge on any atom is 0.254 e. The molecule has 0 aliphatic heterocycles. The van der Waals surface area contributed by atoms with Crippen LogP contribution in [-0.2, 0) is 19.4 Å². The van der Waals surface area contributed by atoms with Gasteiger partial charge in [-0.2, -0.15) is 0 Å². The molecule has 0 saturated heterocycles. The number of rotatable bonds is 6. The van der Waals surface area contributed by atoms with E-state index in [4.69, 9.17) is 23.5 Å². The second kappa shape index (κ2) is 9.73. The number of hydrogen-bond acceptors (Lipinski definition) is 5. The van der Waals surface area contributed by atoms with Crippen LogP contribution in [0.15, 0.2) is 47.5 Å². The van der Waals surface area contributed by atoms with Gasteiger partial charge in [0.1, 0.15) is 16.9 Å². The normalized spacial score (nSPS) is 13.2. The molecule has 1 aromatic heterocycles. The molecule has 0 unspecified atom stereocenters. The fourth-order valence-electron chi connectivity index (χ4n) is 3.60. The molecule has 0 radical (unpaired) electrons. The number of amides is 1. The van der Waals surface area contributed by atoms with E-state index in [9.17, 15) is 9.90 Å². The van der Waals surface area contributed by atoms with Gasteiger partial charge in [0, 0.05) is 17.6 Å². The molecule has 2 aromatic carbocycles. The molecule has 2 N–H and O–H groups in total. The van der Waals surface area contributed by atoms with Crippen molar-refractivity contribution in [3.8, 4) is 11.5 Å². The Bertz CT molecular complexity index is 1130. The van der Waals surface area contributed by atoms with Crippen LogP contribution in [0.25, 0.3) is 0 Å². The minimum Gasteiger partial charge on any atom is -0.503 e. The SMILES string of the molecule is O=C(NCc1ccccc1)c1c(/N=C\c2cc(Cl)c(O)c(OCl)c2)sc2c1CCCC2. The first kappa shape index (κ1) is 21.7. The van der Waals surface area contributed by atoms with Gasteiger partial charge in [-0.3, -0.25) is 4.79 Å². The third-order valence-corrected chi connectivity index (χ3v) is 6.79. The minimum absolute atomic E-state index is 0.0434. The number of aliphatic imine (C=N–C) groups is 1. The minimum atomic E-state index is -0.235. The Labute approximate surface area is 194 Å². The van der Waals surface area contributed by atoms with Crippen LogP contribution in [0.1, 0.15) is 44.8 Å². The molecule has 3 aromatic rings. The number of hydrogen-bond donors (Lipinski definition) is 2. The van der Waals surface area contributed by atoms with E-state index in [1.54, 1.807) is 23.6 Å². The zero-order valence-corrected chi connectivity index (χ0v) is 18.9. The lowest BCUT2D eigenvalue weighted by Crippen LogP contribution is -2.24. The van der Waals surface area contributed by atoms with Crippen LogP contribution < -0.4 is 9.61 Å². The Kier molecular flexibility index (Phi) is 6.80. The lowest BCUT2D eigenvalue weighted by molar-refractivity contribution is 0.0951. The van der Waals surface area contributed by atoms with E-state index >= 15 is 0 Å². The molecule has 0 fully saturated rings. The van der Waals surface area contributed by atoms with Crippen molar-refractivity contribution >= 4 is 51.9 Å². The van der Waals surface area contributed by atoms with Crippen molar-refractivity contribution in [1.82, 2.24) is 5.32 Å². The highest BCUT2D eigenvalue weighted by molar-refractivity contribution is 7.16. The highest BCUT2D eigenvalue weighted by atomic mass is 35.5. The van der Waals surface area contributed by atoms with Gasteiger partial charge < -0.3 is 14.7 Å². The Morgan fingerprint density at radius 1 is 1.23 bits per heavy atom. The average molecular weight is 475 g/mol. The summed E-state index contributed by atoms with van der Waals surface area (Å²) in [5, 5.41) is 13.6. The van der Waals surface area contributed by atoms with Crippen LogP contribution in [0.5, 0.6) is 11.5 Å². The van der Waals surface area contributed by atoms with Crippen LogP contribution in [0, 0.1) is 0 Å². The molecule has 5 nitrogen and oxygen atoms in total. The number of phenolic OH excluding ortho intramolecular Hbond substituents is 1. The van der Waals surface area contributed by atoms with Gasteiger partial charge in [0.2, 0.25) is 0 Å². The predicted molar refractivity (Wildman–Crippen MR) is 125 cm³/mol. The van der Waals surface area contributed by atoms with Crippen molar-refractivity contribution in [2.75, 3.05) is 0 Å². The van der Waals surface area contributed by atoms with Gasteiger partial charge in [0.05, 0.1) is 10.6 Å². The van der Waals surface area contributed by atoms with E-state index in [0.717, 1.165) is 36.8 Å². The Morgan fingerprint density at radius 3 is 2.77 bits per heavy atom. The number of nitrogens with one attached hydrogen (secondary N) is 1. The monoisotopic (exact) mass is 474 g/mol. The molecule has 31 heavy (non-hydrogen) atoms. The fourth-order valence-corrected chi connectivity index (χ4v) is 5.17. The summed E-state index contributed by atoms with van der Waals surface area (Å²) < 4.78 is 4.64. The lowest BCUT2D eigenvalue weighted by Gasteiger charge is -2.12. The quantitative estimate of drug-likeness (QED) is 0.417. The molecule has 1 aliphatic rings. The molecule has 1 aliphatic carbocycles. The van der Waals surface area contributed by atoms with Gasteiger partial charge in [0.15, 0.2) is 11.5 Å². The Hall–Kier alpha value is -2.54. The van der Waals surface area contributed by atoms with Gasteiger partial charge in [-0.25, -0.2) is 4.99 Å². The number of halogens is 2. The molecule has 8 heteroatoms. The zero-order chi connectivity index (χ0) is 21.8. The number of nitrogens with zero attached hydrogens (tertiary/aromatic N) is 1. The van der Waals surface area contributed by atoms with Crippen molar-refractivity contribution in [2.24, 2.45) is 4.99 Å². The summed E-state index contributed by atoms with van der Waals surface area (Å²) >= 11 is 13.0. The number of benzene rings is 2. The summed E-state index contributed by atoms with van der Waals surface area (Å²) in [4.78, 5) is 18.9. The van der Waals surface area contributed by atoms with Gasteiger partial charge in [0.25, 0.3) is 5.91 Å². The second-order valence-electron chi connectivity index (χ2n) is 7.24. The number of aromatic hydroxyl groups is 1. The van der Waals surface area contributed by atoms with Gasteiger partial charge in [-0.05, 0) is 54.5 Å². The van der Waals surface area contributed by atoms with E-state index in [2.05, 4.69) is 14.6 Å². The molecular formula is C23H20Cl2N2O3S. The van der Waals surface area contributed by atoms with E-state index < -0.39 is 0 Å². The van der Waals surface area contributed by atoms with Crippen molar-refractivity contribution in [1.29, 1.82) is 0 Å². The summed E-state index contributed by atoms with van der Waals surface area (Å²) in [7, 11) is 0. The van der Waals surface area contributed by atoms with E-state index in [1.807, 2.05) is 30.3 Å². The van der Waals surface area contributed by atoms with Crippen molar-refractivity contribution < 1.29 is 14.2 Å². The summed E-state index contributed by atoms with van der Waals surface area (Å²) in [6.45, 7) is 0.456. The summed E-state index contributed by atoms with van der Waals surface area (Å²) in [5.41, 5.74) is 3.38. The maximum atomic E-state index is 13.1. The summed E-state index contributed by atoms with van der Waals surface area (Å²) in [6.07, 6.45) is 5.62. The third-order valence-electron chi connectivity index (χ3n) is 5.14. The first-order chi connectivity index (χ1) is 15.1. The Morgan fingerprint density at radius 2 is 2.00 bits per heavy atom. The average Bonchev–Trinajstić information content (AvgIpc) is 3.17. The molecule has 1 amide bonds. The van der Waals surface area contributed by atoms with Crippen LogP contribution >= 0.6 is 34.8 Å². The van der Waals surface area contributed by atoms with Crippen molar-refractivity contribution in [3.63, 3.8) is 0 Å². The van der Waals surface area contributed by atoms with Crippen molar-refractivity contribution in [2.45, 2.75) is 32.2 Å². The fraction of sp³-hybridized carbons (Fsp3) is 0.217. The molecule has 0 spiro atoms. The second-order valence-corrected chi connectivity index (χ2v) is 8.89. The Balaban J connectivity index is 1.63. The molecule has 160 valence electrons. The zero-order valence-electron chi connectivity index (χ0n) is 16.5. The first-order valence-corrected chi connectivity index (χ1v) is 11.4. The number of carbonyl (C=O) groups is 1. The topological polar surface area (TPSA) is 70.9 Å². The standard InChI is InChI=1S/C23H20Cl2N2O3S/c24-17-10-15(11-18(30-25)21(17)28)13-27-23-20(16-8-4-5-9-19(16)31-23)22(29)26-12-14-6-2-1-3-7-14/h1-3,6-7,10-11,13,28H,4-5,8-9,12H2,(H,26,29)/b27-13-. The highest BCUT2D eigenvalue weighted by Crippen LogP contribution is 2.40. The smallest absolute Gasteiger partial charge is 0.254 e. The predicted octanol–water partition coefficient (Wildman–Crippen LogP) is 6.20. The first-order valence-electron chi connectivity index (χ1n) is 9.88. The van der Waals surface area contributed by atoms with Crippen LogP contribution in [-0.4, -0.2) is 17.2 Å². The number of thiophene rings is 1. The molecule has 1 heterocycles. The molecule has 0 atom stereocenters. The number of phenols is 1.